The molecule has 0 bridgehead atoms. The van der Waals surface area contributed by atoms with Crippen molar-refractivity contribution in [2.75, 3.05) is 20.3 Å². The Morgan fingerprint density at radius 2 is 1.68 bits per heavy atom. The number of nitrogens with one attached hydrogen (secondary N) is 2. The van der Waals surface area contributed by atoms with Crippen molar-refractivity contribution in [1.29, 1.82) is 0 Å². The molecular formula is C26H30N2O6. The van der Waals surface area contributed by atoms with E-state index in [0.717, 1.165) is 35.1 Å². The Morgan fingerprint density at radius 1 is 1.03 bits per heavy atom. The second-order valence-corrected chi connectivity index (χ2v) is 8.84. The molecule has 0 radical (unpaired) electrons. The number of fused-ring (bicyclic) bond motifs is 3. The number of rotatable bonds is 8. The van der Waals surface area contributed by atoms with Crippen LogP contribution >= 0.6 is 0 Å². The minimum absolute atomic E-state index is 0.0475. The number of benzene rings is 2. The zero-order valence-electron chi connectivity index (χ0n) is 19.2. The van der Waals surface area contributed by atoms with Crippen LogP contribution in [0.25, 0.3) is 11.1 Å². The monoisotopic (exact) mass is 466 g/mol. The minimum Gasteiger partial charge on any atom is -0.481 e. The summed E-state index contributed by atoms with van der Waals surface area (Å²) in [6.07, 6.45) is 0.977. The Kier molecular flexibility index (Phi) is 7.47. The molecule has 0 saturated heterocycles. The Morgan fingerprint density at radius 3 is 2.29 bits per heavy atom. The number of alkyl carbamates (subject to hydrolysis) is 1. The second kappa shape index (κ2) is 10.7. The second-order valence-electron chi connectivity index (χ2n) is 8.84. The van der Waals surface area contributed by atoms with Gasteiger partial charge in [0.2, 0.25) is 0 Å². The van der Waals surface area contributed by atoms with Crippen molar-refractivity contribution in [3.8, 4) is 11.1 Å². The van der Waals surface area contributed by atoms with Crippen LogP contribution in [0.3, 0.4) is 0 Å². The van der Waals surface area contributed by atoms with Crippen molar-refractivity contribution in [3.63, 3.8) is 0 Å². The Bertz CT molecular complexity index is 1010. The number of carboxylic acids is 1. The summed E-state index contributed by atoms with van der Waals surface area (Å²) in [5.41, 5.74) is 4.54. The molecule has 3 N–H and O–H groups in total. The number of carbonyl (C=O) groups is 3. The number of ether oxygens (including phenoxy) is 2. The fourth-order valence-electron chi connectivity index (χ4n) is 4.95. The van der Waals surface area contributed by atoms with Crippen LogP contribution in [0.4, 0.5) is 4.79 Å². The third-order valence-corrected chi connectivity index (χ3v) is 6.72. The highest BCUT2D eigenvalue weighted by Gasteiger charge is 2.31. The third-order valence-electron chi connectivity index (χ3n) is 6.72. The summed E-state index contributed by atoms with van der Waals surface area (Å²) in [6.45, 7) is 0.135. The lowest BCUT2D eigenvalue weighted by atomic mass is 9.85. The predicted octanol–water partition coefficient (Wildman–Crippen LogP) is 3.30. The lowest BCUT2D eigenvalue weighted by Crippen LogP contribution is -2.48. The molecular weight excluding hydrogens is 436 g/mol. The molecule has 1 saturated carbocycles. The average molecular weight is 467 g/mol. The molecule has 8 heteroatoms. The van der Waals surface area contributed by atoms with Crippen molar-refractivity contribution < 1.29 is 29.0 Å². The number of carbonyl (C=O) groups excluding carboxylic acids is 2. The molecule has 2 aliphatic carbocycles. The molecule has 0 aromatic heterocycles. The van der Waals surface area contributed by atoms with E-state index in [1.165, 1.54) is 7.11 Å². The van der Waals surface area contributed by atoms with Crippen LogP contribution in [0, 0.1) is 5.92 Å². The molecule has 2 amide bonds. The first kappa shape index (κ1) is 23.8. The van der Waals surface area contributed by atoms with Gasteiger partial charge in [0, 0.05) is 19.1 Å². The zero-order valence-corrected chi connectivity index (χ0v) is 19.2. The maximum Gasteiger partial charge on any atom is 0.407 e. The molecule has 2 aromatic rings. The first-order valence-electron chi connectivity index (χ1n) is 11.6. The fraction of sp³-hybridized carbons (Fsp3) is 0.423. The SMILES string of the molecule is COC(CNC(=O)OCC1c2ccccc2-c2ccccc21)C(=O)N[C@@H]1CCC[C@@H](C(=O)O)C1. The van der Waals surface area contributed by atoms with E-state index in [1.807, 2.05) is 36.4 Å². The van der Waals surface area contributed by atoms with Gasteiger partial charge in [-0.15, -0.1) is 0 Å². The molecule has 180 valence electrons. The first-order chi connectivity index (χ1) is 16.5. The smallest absolute Gasteiger partial charge is 0.407 e. The van der Waals surface area contributed by atoms with Crippen LogP contribution in [-0.2, 0) is 19.1 Å². The minimum atomic E-state index is -0.898. The van der Waals surface area contributed by atoms with E-state index in [9.17, 15) is 19.5 Å². The van der Waals surface area contributed by atoms with Crippen LogP contribution in [-0.4, -0.2) is 55.5 Å². The topological polar surface area (TPSA) is 114 Å². The first-order valence-corrected chi connectivity index (χ1v) is 11.6. The van der Waals surface area contributed by atoms with E-state index in [1.54, 1.807) is 0 Å². The quantitative estimate of drug-likeness (QED) is 0.550. The van der Waals surface area contributed by atoms with Crippen molar-refractivity contribution in [2.45, 2.75) is 43.7 Å². The van der Waals surface area contributed by atoms with E-state index >= 15 is 0 Å². The van der Waals surface area contributed by atoms with E-state index in [2.05, 4.69) is 22.8 Å². The number of hydrogen-bond acceptors (Lipinski definition) is 5. The summed E-state index contributed by atoms with van der Waals surface area (Å²) in [5, 5.41) is 14.7. The van der Waals surface area contributed by atoms with Crippen LogP contribution < -0.4 is 10.6 Å². The van der Waals surface area contributed by atoms with Gasteiger partial charge < -0.3 is 25.2 Å². The summed E-state index contributed by atoms with van der Waals surface area (Å²) >= 11 is 0. The zero-order chi connectivity index (χ0) is 24.1. The predicted molar refractivity (Wildman–Crippen MR) is 125 cm³/mol. The van der Waals surface area contributed by atoms with Crippen LogP contribution in [0.15, 0.2) is 48.5 Å². The number of carboxylic acid groups (broad SMARTS) is 1. The van der Waals surface area contributed by atoms with Crippen LogP contribution in [0.1, 0.15) is 42.7 Å². The third kappa shape index (κ3) is 5.22. The number of aliphatic carboxylic acids is 1. The standard InChI is InChI=1S/C26H30N2O6/c1-33-23(24(29)28-17-8-6-7-16(13-17)25(30)31)14-27-26(32)34-15-22-20-11-4-2-9-18(20)19-10-3-5-12-21(19)22/h2-5,9-12,16-17,22-23H,6-8,13-15H2,1H3,(H,27,32)(H,28,29)(H,30,31)/t16-,17-,23?/m1/s1. The summed E-state index contributed by atoms with van der Waals surface area (Å²) in [6, 6.07) is 16.0. The largest absolute Gasteiger partial charge is 0.481 e. The Hall–Kier alpha value is -3.39. The Labute approximate surface area is 198 Å². The van der Waals surface area contributed by atoms with Crippen LogP contribution in [0.2, 0.25) is 0 Å². The van der Waals surface area contributed by atoms with E-state index in [-0.39, 0.29) is 31.0 Å². The van der Waals surface area contributed by atoms with Gasteiger partial charge in [-0.25, -0.2) is 4.79 Å². The lowest BCUT2D eigenvalue weighted by molar-refractivity contribution is -0.143. The highest BCUT2D eigenvalue weighted by molar-refractivity contribution is 5.82. The van der Waals surface area contributed by atoms with Gasteiger partial charge in [-0.2, -0.15) is 0 Å². The van der Waals surface area contributed by atoms with Crippen molar-refractivity contribution in [3.05, 3.63) is 59.7 Å². The molecule has 2 aliphatic rings. The molecule has 8 nitrogen and oxygen atoms in total. The number of hydrogen-bond donors (Lipinski definition) is 3. The van der Waals surface area contributed by atoms with Gasteiger partial charge in [-0.1, -0.05) is 55.0 Å². The molecule has 0 aliphatic heterocycles. The van der Waals surface area contributed by atoms with Gasteiger partial charge in [0.25, 0.3) is 5.91 Å². The highest BCUT2D eigenvalue weighted by Crippen LogP contribution is 2.44. The normalized spacial score (nSPS) is 20.0. The molecule has 2 aromatic carbocycles. The fourth-order valence-corrected chi connectivity index (χ4v) is 4.95. The molecule has 0 spiro atoms. The molecule has 34 heavy (non-hydrogen) atoms. The van der Waals surface area contributed by atoms with E-state index < -0.39 is 24.1 Å². The molecule has 0 heterocycles. The lowest BCUT2D eigenvalue weighted by Gasteiger charge is -2.28. The highest BCUT2D eigenvalue weighted by atomic mass is 16.5. The molecule has 3 atom stereocenters. The van der Waals surface area contributed by atoms with Crippen LogP contribution in [0.5, 0.6) is 0 Å². The number of amides is 2. The number of methoxy groups -OCH3 is 1. The van der Waals surface area contributed by atoms with E-state index in [0.29, 0.717) is 12.8 Å². The summed E-state index contributed by atoms with van der Waals surface area (Å²) in [4.78, 5) is 36.2. The van der Waals surface area contributed by atoms with Crippen molar-refractivity contribution >= 4 is 18.0 Å². The Balaban J connectivity index is 1.28. The molecule has 1 fully saturated rings. The van der Waals surface area contributed by atoms with Gasteiger partial charge in [0.05, 0.1) is 12.5 Å². The van der Waals surface area contributed by atoms with Crippen molar-refractivity contribution in [1.82, 2.24) is 10.6 Å². The van der Waals surface area contributed by atoms with E-state index in [4.69, 9.17) is 9.47 Å². The van der Waals surface area contributed by atoms with Gasteiger partial charge in [0.15, 0.2) is 6.10 Å². The van der Waals surface area contributed by atoms with Gasteiger partial charge >= 0.3 is 12.1 Å². The molecule has 1 unspecified atom stereocenters. The van der Waals surface area contributed by atoms with Gasteiger partial charge in [-0.3, -0.25) is 9.59 Å². The van der Waals surface area contributed by atoms with Gasteiger partial charge in [0.1, 0.15) is 6.61 Å². The maximum absolute atomic E-state index is 12.6. The molecule has 4 rings (SSSR count). The summed E-state index contributed by atoms with van der Waals surface area (Å²) in [7, 11) is 1.39. The maximum atomic E-state index is 12.6. The summed E-state index contributed by atoms with van der Waals surface area (Å²) in [5.74, 6) is -1.70. The van der Waals surface area contributed by atoms with Crippen molar-refractivity contribution in [2.24, 2.45) is 5.92 Å². The average Bonchev–Trinajstić information content (AvgIpc) is 3.17. The summed E-state index contributed by atoms with van der Waals surface area (Å²) < 4.78 is 10.8. The van der Waals surface area contributed by atoms with Gasteiger partial charge in [-0.05, 0) is 41.5 Å².